The Morgan fingerprint density at radius 1 is 0.932 bits per heavy atom. The van der Waals surface area contributed by atoms with Crippen molar-refractivity contribution in [3.63, 3.8) is 0 Å². The highest BCUT2D eigenvalue weighted by atomic mass is 35.5. The Kier molecular flexibility index (Phi) is 10.8. The van der Waals surface area contributed by atoms with Crippen LogP contribution in [0.25, 0.3) is 0 Å². The minimum absolute atomic E-state index is 0.0790. The fraction of sp³-hybridized carbons (Fsp3) is 0.333. The van der Waals surface area contributed by atoms with E-state index in [1.807, 2.05) is 0 Å². The molecule has 2 amide bonds. The Bertz CT molecular complexity index is 1600. The van der Waals surface area contributed by atoms with Crippen molar-refractivity contribution in [3.8, 4) is 0 Å². The van der Waals surface area contributed by atoms with Gasteiger partial charge in [0, 0.05) is 28.2 Å². The zero-order valence-corrected chi connectivity index (χ0v) is 26.5. The van der Waals surface area contributed by atoms with Crippen molar-refractivity contribution in [2.75, 3.05) is 10.8 Å². The number of rotatable bonds is 10. The maximum atomic E-state index is 14.1. The molecule has 236 valence electrons. The van der Waals surface area contributed by atoms with Gasteiger partial charge in [-0.05, 0) is 62.2 Å². The van der Waals surface area contributed by atoms with Crippen molar-refractivity contribution in [1.82, 2.24) is 10.2 Å². The normalized spacial score (nSPS) is 14.7. The van der Waals surface area contributed by atoms with Crippen LogP contribution in [0.15, 0.2) is 71.6 Å². The second-order valence-electron chi connectivity index (χ2n) is 10.4. The number of nitrogens with zero attached hydrogens (tertiary/aromatic N) is 2. The van der Waals surface area contributed by atoms with E-state index in [1.54, 1.807) is 24.3 Å². The SMILES string of the molecule is C[C@H](C(=O)NC1CCCC1)N(Cc1c(Cl)cccc1Cl)C(=O)CN(c1cc(C(F)(F)F)ccc1Cl)S(=O)(=O)c1ccccc1. The molecule has 0 spiro atoms. The Hall–Kier alpha value is -2.99. The summed E-state index contributed by atoms with van der Waals surface area (Å²) in [5.41, 5.74) is -1.42. The van der Waals surface area contributed by atoms with Gasteiger partial charge in [0.2, 0.25) is 11.8 Å². The molecule has 0 aliphatic heterocycles. The molecular weight excluding hydrogens is 662 g/mol. The highest BCUT2D eigenvalue weighted by Gasteiger charge is 2.37. The number of amides is 2. The molecular formula is C30H29Cl3F3N3O4S. The van der Waals surface area contributed by atoms with Gasteiger partial charge in [0.15, 0.2) is 0 Å². The third kappa shape index (κ3) is 7.80. The zero-order valence-electron chi connectivity index (χ0n) is 23.5. The van der Waals surface area contributed by atoms with E-state index in [2.05, 4.69) is 5.32 Å². The average molecular weight is 691 g/mol. The maximum absolute atomic E-state index is 14.1. The molecule has 1 aliphatic carbocycles. The van der Waals surface area contributed by atoms with Crippen molar-refractivity contribution in [2.45, 2.75) is 62.3 Å². The van der Waals surface area contributed by atoms with E-state index in [9.17, 15) is 31.2 Å². The van der Waals surface area contributed by atoms with Gasteiger partial charge in [-0.3, -0.25) is 13.9 Å². The fourth-order valence-electron chi connectivity index (χ4n) is 4.94. The van der Waals surface area contributed by atoms with Crippen molar-refractivity contribution in [1.29, 1.82) is 0 Å². The minimum Gasteiger partial charge on any atom is -0.352 e. The van der Waals surface area contributed by atoms with E-state index in [-0.39, 0.29) is 32.5 Å². The Balaban J connectivity index is 1.79. The first kappa shape index (κ1) is 33.9. The molecule has 1 saturated carbocycles. The number of sulfonamides is 1. The number of benzene rings is 3. The maximum Gasteiger partial charge on any atom is 0.416 e. The number of hydrogen-bond donors (Lipinski definition) is 1. The number of alkyl halides is 3. The Morgan fingerprint density at radius 3 is 2.14 bits per heavy atom. The lowest BCUT2D eigenvalue weighted by Crippen LogP contribution is -2.52. The summed E-state index contributed by atoms with van der Waals surface area (Å²) in [5, 5.41) is 3.00. The van der Waals surface area contributed by atoms with Crippen molar-refractivity contribution in [2.24, 2.45) is 0 Å². The van der Waals surface area contributed by atoms with Crippen LogP contribution in [0.5, 0.6) is 0 Å². The van der Waals surface area contributed by atoms with Crippen LogP contribution in [0.4, 0.5) is 18.9 Å². The first-order valence-electron chi connectivity index (χ1n) is 13.7. The summed E-state index contributed by atoms with van der Waals surface area (Å²) in [6.45, 7) is 0.202. The first-order chi connectivity index (χ1) is 20.7. The van der Waals surface area contributed by atoms with Crippen molar-refractivity contribution >= 4 is 62.3 Å². The van der Waals surface area contributed by atoms with Gasteiger partial charge in [-0.15, -0.1) is 0 Å². The zero-order chi connectivity index (χ0) is 32.2. The minimum atomic E-state index is -4.83. The smallest absolute Gasteiger partial charge is 0.352 e. The summed E-state index contributed by atoms with van der Waals surface area (Å²) < 4.78 is 69.4. The van der Waals surface area contributed by atoms with Gasteiger partial charge in [0.1, 0.15) is 12.6 Å². The van der Waals surface area contributed by atoms with Crippen LogP contribution in [0.1, 0.15) is 43.7 Å². The molecule has 4 rings (SSSR count). The van der Waals surface area contributed by atoms with Gasteiger partial charge in [-0.2, -0.15) is 13.2 Å². The van der Waals surface area contributed by atoms with E-state index in [0.29, 0.717) is 22.0 Å². The summed E-state index contributed by atoms with van der Waals surface area (Å²) in [4.78, 5) is 28.3. The molecule has 3 aromatic rings. The number of anilines is 1. The molecule has 1 aliphatic rings. The Morgan fingerprint density at radius 2 is 1.55 bits per heavy atom. The molecule has 0 radical (unpaired) electrons. The lowest BCUT2D eigenvalue weighted by Gasteiger charge is -2.33. The number of carbonyl (C=O) groups is 2. The van der Waals surface area contributed by atoms with Gasteiger partial charge in [0.05, 0.1) is 21.2 Å². The summed E-state index contributed by atoms with van der Waals surface area (Å²) in [5.74, 6) is -1.38. The van der Waals surface area contributed by atoms with Crippen LogP contribution >= 0.6 is 34.8 Å². The summed E-state index contributed by atoms with van der Waals surface area (Å²) in [6.07, 6.45) is -1.38. The third-order valence-electron chi connectivity index (χ3n) is 7.41. The number of nitrogens with one attached hydrogen (secondary N) is 1. The molecule has 0 aromatic heterocycles. The second kappa shape index (κ2) is 14.0. The van der Waals surface area contributed by atoms with E-state index in [4.69, 9.17) is 34.8 Å². The van der Waals surface area contributed by atoms with Crippen LogP contribution in [0, 0.1) is 0 Å². The first-order valence-corrected chi connectivity index (χ1v) is 16.2. The molecule has 0 saturated heterocycles. The predicted octanol–water partition coefficient (Wildman–Crippen LogP) is 7.34. The molecule has 7 nitrogen and oxygen atoms in total. The highest BCUT2D eigenvalue weighted by molar-refractivity contribution is 7.92. The van der Waals surface area contributed by atoms with Crippen LogP contribution in [-0.2, 0) is 32.3 Å². The fourth-order valence-corrected chi connectivity index (χ4v) is 7.17. The summed E-state index contributed by atoms with van der Waals surface area (Å²) in [7, 11) is -4.64. The molecule has 0 bridgehead atoms. The number of carbonyl (C=O) groups excluding carboxylic acids is 2. The quantitative estimate of drug-likeness (QED) is 0.241. The largest absolute Gasteiger partial charge is 0.416 e. The van der Waals surface area contributed by atoms with E-state index < -0.39 is 51.9 Å². The van der Waals surface area contributed by atoms with Gasteiger partial charge < -0.3 is 10.2 Å². The standard InChI is InChI=1S/C30H29Cl3F3N3O4S/c1-19(29(41)37-21-8-5-6-9-21)38(17-23-24(31)12-7-13-25(23)32)28(40)18-39(44(42,43)22-10-3-2-4-11-22)27-16-20(30(34,35)36)14-15-26(27)33/h2-4,7,10-16,19,21H,5-6,8-9,17-18H2,1H3,(H,37,41)/t19-/m1/s1. The molecule has 1 N–H and O–H groups in total. The van der Waals surface area contributed by atoms with Crippen molar-refractivity contribution < 1.29 is 31.2 Å². The molecule has 1 atom stereocenters. The second-order valence-corrected chi connectivity index (χ2v) is 13.5. The van der Waals surface area contributed by atoms with Gasteiger partial charge in [-0.25, -0.2) is 8.42 Å². The number of halogens is 6. The van der Waals surface area contributed by atoms with Crippen LogP contribution in [0.3, 0.4) is 0 Å². The van der Waals surface area contributed by atoms with E-state index in [0.717, 1.165) is 36.6 Å². The number of hydrogen-bond acceptors (Lipinski definition) is 4. The predicted molar refractivity (Wildman–Crippen MR) is 164 cm³/mol. The monoisotopic (exact) mass is 689 g/mol. The Labute approximate surface area is 268 Å². The molecule has 14 heteroatoms. The van der Waals surface area contributed by atoms with Gasteiger partial charge >= 0.3 is 6.18 Å². The average Bonchev–Trinajstić information content (AvgIpc) is 3.48. The van der Waals surface area contributed by atoms with Crippen LogP contribution in [-0.4, -0.2) is 43.8 Å². The highest BCUT2D eigenvalue weighted by Crippen LogP contribution is 2.37. The lowest BCUT2D eigenvalue weighted by atomic mass is 10.1. The van der Waals surface area contributed by atoms with E-state index in [1.165, 1.54) is 31.2 Å². The van der Waals surface area contributed by atoms with Crippen LogP contribution in [0.2, 0.25) is 15.1 Å². The van der Waals surface area contributed by atoms with E-state index >= 15 is 0 Å². The van der Waals surface area contributed by atoms with Gasteiger partial charge in [-0.1, -0.05) is 71.9 Å². The molecule has 44 heavy (non-hydrogen) atoms. The molecule has 0 heterocycles. The summed E-state index contributed by atoms with van der Waals surface area (Å²) >= 11 is 19.0. The van der Waals surface area contributed by atoms with Gasteiger partial charge in [0.25, 0.3) is 10.0 Å². The third-order valence-corrected chi connectivity index (χ3v) is 10.2. The van der Waals surface area contributed by atoms with Crippen LogP contribution < -0.4 is 9.62 Å². The topological polar surface area (TPSA) is 86.8 Å². The molecule has 3 aromatic carbocycles. The molecule has 0 unspecified atom stereocenters. The molecule has 1 fully saturated rings. The van der Waals surface area contributed by atoms with Crippen molar-refractivity contribution in [3.05, 3.63) is 92.9 Å². The summed E-state index contributed by atoms with van der Waals surface area (Å²) in [6, 6.07) is 12.6. The lowest BCUT2D eigenvalue weighted by molar-refractivity contribution is -0.139.